The maximum Gasteiger partial charge on any atom is 0.0730 e. The van der Waals surface area contributed by atoms with Crippen LogP contribution in [0.1, 0.15) is 40.0 Å². The fraction of sp³-hybridized carbons (Fsp3) is 1.00. The zero-order chi connectivity index (χ0) is 9.19. The van der Waals surface area contributed by atoms with Crippen molar-refractivity contribution in [2.75, 3.05) is 6.61 Å². The van der Waals surface area contributed by atoms with Crippen LogP contribution in [0.25, 0.3) is 0 Å². The lowest BCUT2D eigenvalue weighted by Gasteiger charge is -2.33. The zero-order valence-electron chi connectivity index (χ0n) is 8.47. The van der Waals surface area contributed by atoms with Crippen molar-refractivity contribution in [3.63, 3.8) is 0 Å². The Hall–Kier alpha value is -0.0800. The van der Waals surface area contributed by atoms with E-state index in [9.17, 15) is 0 Å². The molecule has 0 aromatic heterocycles. The van der Waals surface area contributed by atoms with Crippen LogP contribution in [0.3, 0.4) is 0 Å². The topological polar surface area (TPSA) is 35.2 Å². The molecule has 1 aliphatic rings. The number of rotatable bonds is 1. The van der Waals surface area contributed by atoms with Crippen LogP contribution in [-0.4, -0.2) is 18.8 Å². The maximum absolute atomic E-state index is 5.96. The van der Waals surface area contributed by atoms with Crippen molar-refractivity contribution in [1.29, 1.82) is 0 Å². The molecule has 2 heteroatoms. The molecular weight excluding hydrogens is 150 g/mol. The molecule has 0 aliphatic carbocycles. The third-order valence-corrected chi connectivity index (χ3v) is 2.30. The summed E-state index contributed by atoms with van der Waals surface area (Å²) in [6.45, 7) is 7.60. The van der Waals surface area contributed by atoms with Gasteiger partial charge in [-0.3, -0.25) is 0 Å². The first-order chi connectivity index (χ1) is 5.49. The van der Waals surface area contributed by atoms with Crippen LogP contribution in [0, 0.1) is 5.41 Å². The van der Waals surface area contributed by atoms with E-state index in [1.165, 1.54) is 0 Å². The number of nitrogens with two attached hydrogens (primary N) is 1. The quantitative estimate of drug-likeness (QED) is 0.654. The Morgan fingerprint density at radius 2 is 2.08 bits per heavy atom. The van der Waals surface area contributed by atoms with Gasteiger partial charge in [-0.05, 0) is 24.7 Å². The summed E-state index contributed by atoms with van der Waals surface area (Å²) < 4.78 is 5.64. The average Bonchev–Trinajstić information content (AvgIpc) is 1.91. The summed E-state index contributed by atoms with van der Waals surface area (Å²) in [6, 6.07) is 0.262. The standard InChI is InChI=1S/C10H21NO/c1-10(2,3)7-9-8(11)5-4-6-12-9/h8-9H,4-7,11H2,1-3H3. The molecular formula is C10H21NO. The van der Waals surface area contributed by atoms with Crippen molar-refractivity contribution in [1.82, 2.24) is 0 Å². The molecule has 2 atom stereocenters. The lowest BCUT2D eigenvalue weighted by Crippen LogP contribution is -2.42. The van der Waals surface area contributed by atoms with E-state index in [2.05, 4.69) is 20.8 Å². The van der Waals surface area contributed by atoms with E-state index in [0.29, 0.717) is 11.5 Å². The summed E-state index contributed by atoms with van der Waals surface area (Å²) in [5.74, 6) is 0. The van der Waals surface area contributed by atoms with Crippen molar-refractivity contribution in [2.45, 2.75) is 52.2 Å². The van der Waals surface area contributed by atoms with Gasteiger partial charge in [0, 0.05) is 12.6 Å². The van der Waals surface area contributed by atoms with Crippen LogP contribution in [0.5, 0.6) is 0 Å². The minimum absolute atomic E-state index is 0.262. The predicted molar refractivity (Wildman–Crippen MR) is 51.0 cm³/mol. The van der Waals surface area contributed by atoms with Gasteiger partial charge in [-0.25, -0.2) is 0 Å². The van der Waals surface area contributed by atoms with Gasteiger partial charge in [0.05, 0.1) is 6.10 Å². The Balaban J connectivity index is 2.39. The summed E-state index contributed by atoms with van der Waals surface area (Å²) in [5, 5.41) is 0. The Bertz CT molecular complexity index is 139. The average molecular weight is 171 g/mol. The summed E-state index contributed by atoms with van der Waals surface area (Å²) in [4.78, 5) is 0. The normalized spacial score (nSPS) is 32.0. The molecule has 0 amide bonds. The van der Waals surface area contributed by atoms with Gasteiger partial charge in [0.2, 0.25) is 0 Å². The van der Waals surface area contributed by atoms with Crippen molar-refractivity contribution in [2.24, 2.45) is 11.1 Å². The Labute approximate surface area is 75.5 Å². The largest absolute Gasteiger partial charge is 0.377 e. The van der Waals surface area contributed by atoms with Crippen molar-refractivity contribution < 1.29 is 4.74 Å². The lowest BCUT2D eigenvalue weighted by atomic mass is 9.85. The second kappa shape index (κ2) is 3.75. The molecule has 1 fully saturated rings. The van der Waals surface area contributed by atoms with Crippen LogP contribution in [0.4, 0.5) is 0 Å². The molecule has 2 N–H and O–H groups in total. The minimum atomic E-state index is 0.262. The number of ether oxygens (including phenoxy) is 1. The molecule has 0 saturated carbocycles. The molecule has 1 heterocycles. The fourth-order valence-corrected chi connectivity index (χ4v) is 1.68. The van der Waals surface area contributed by atoms with Crippen LogP contribution < -0.4 is 5.73 Å². The second-order valence-electron chi connectivity index (χ2n) is 4.98. The Morgan fingerprint density at radius 3 is 2.58 bits per heavy atom. The van der Waals surface area contributed by atoms with Gasteiger partial charge in [0.25, 0.3) is 0 Å². The highest BCUT2D eigenvalue weighted by Gasteiger charge is 2.26. The van der Waals surface area contributed by atoms with Crippen LogP contribution in [0.2, 0.25) is 0 Å². The van der Waals surface area contributed by atoms with Gasteiger partial charge in [-0.2, -0.15) is 0 Å². The van der Waals surface area contributed by atoms with Gasteiger partial charge in [0.15, 0.2) is 0 Å². The summed E-state index contributed by atoms with van der Waals surface area (Å²) in [6.07, 6.45) is 3.62. The highest BCUT2D eigenvalue weighted by molar-refractivity contribution is 4.81. The first-order valence-corrected chi connectivity index (χ1v) is 4.86. The van der Waals surface area contributed by atoms with Crippen LogP contribution >= 0.6 is 0 Å². The van der Waals surface area contributed by atoms with E-state index >= 15 is 0 Å². The Kier molecular flexibility index (Phi) is 3.13. The van der Waals surface area contributed by atoms with E-state index < -0.39 is 0 Å². The third-order valence-electron chi connectivity index (χ3n) is 2.30. The van der Waals surface area contributed by atoms with Gasteiger partial charge in [-0.1, -0.05) is 20.8 Å². The first-order valence-electron chi connectivity index (χ1n) is 4.86. The highest BCUT2D eigenvalue weighted by Crippen LogP contribution is 2.26. The van der Waals surface area contributed by atoms with Gasteiger partial charge >= 0.3 is 0 Å². The predicted octanol–water partition coefficient (Wildman–Crippen LogP) is 1.93. The summed E-state index contributed by atoms with van der Waals surface area (Å²) >= 11 is 0. The summed E-state index contributed by atoms with van der Waals surface area (Å²) in [5.41, 5.74) is 6.29. The van der Waals surface area contributed by atoms with E-state index in [1.807, 2.05) is 0 Å². The molecule has 72 valence electrons. The second-order valence-corrected chi connectivity index (χ2v) is 4.98. The molecule has 2 unspecified atom stereocenters. The monoisotopic (exact) mass is 171 g/mol. The molecule has 0 bridgehead atoms. The third kappa shape index (κ3) is 3.11. The van der Waals surface area contributed by atoms with Crippen molar-refractivity contribution in [3.8, 4) is 0 Å². The minimum Gasteiger partial charge on any atom is -0.377 e. The van der Waals surface area contributed by atoms with Crippen LogP contribution in [-0.2, 0) is 4.74 Å². The van der Waals surface area contributed by atoms with Crippen LogP contribution in [0.15, 0.2) is 0 Å². The smallest absolute Gasteiger partial charge is 0.0730 e. The van der Waals surface area contributed by atoms with E-state index in [0.717, 1.165) is 25.9 Å². The van der Waals surface area contributed by atoms with Crippen molar-refractivity contribution in [3.05, 3.63) is 0 Å². The Morgan fingerprint density at radius 1 is 1.42 bits per heavy atom. The molecule has 1 saturated heterocycles. The molecule has 1 rings (SSSR count). The maximum atomic E-state index is 5.96. The van der Waals surface area contributed by atoms with E-state index in [1.54, 1.807) is 0 Å². The van der Waals surface area contributed by atoms with E-state index in [4.69, 9.17) is 10.5 Å². The zero-order valence-corrected chi connectivity index (χ0v) is 8.47. The number of hydrogen-bond acceptors (Lipinski definition) is 2. The molecule has 0 radical (unpaired) electrons. The fourth-order valence-electron chi connectivity index (χ4n) is 1.68. The number of hydrogen-bond donors (Lipinski definition) is 1. The lowest BCUT2D eigenvalue weighted by molar-refractivity contribution is -0.0204. The van der Waals surface area contributed by atoms with Crippen molar-refractivity contribution >= 4 is 0 Å². The molecule has 12 heavy (non-hydrogen) atoms. The van der Waals surface area contributed by atoms with Gasteiger partial charge < -0.3 is 10.5 Å². The molecule has 2 nitrogen and oxygen atoms in total. The molecule has 0 aromatic carbocycles. The highest BCUT2D eigenvalue weighted by atomic mass is 16.5. The summed E-state index contributed by atoms with van der Waals surface area (Å²) in [7, 11) is 0. The van der Waals surface area contributed by atoms with Gasteiger partial charge in [0.1, 0.15) is 0 Å². The van der Waals surface area contributed by atoms with Gasteiger partial charge in [-0.15, -0.1) is 0 Å². The molecule has 0 aromatic rings. The van der Waals surface area contributed by atoms with E-state index in [-0.39, 0.29) is 6.04 Å². The molecule has 1 aliphatic heterocycles. The molecule has 0 spiro atoms. The SMILES string of the molecule is CC(C)(C)CC1OCCCC1N. The first kappa shape index (κ1) is 10.0.